The van der Waals surface area contributed by atoms with E-state index in [2.05, 4.69) is 5.32 Å². The van der Waals surface area contributed by atoms with E-state index in [9.17, 15) is 13.2 Å². The van der Waals surface area contributed by atoms with Gasteiger partial charge in [0.2, 0.25) is 5.91 Å². The van der Waals surface area contributed by atoms with Crippen LogP contribution in [0.5, 0.6) is 11.5 Å². The second-order valence-electron chi connectivity index (χ2n) is 7.40. The number of benzene rings is 3. The van der Waals surface area contributed by atoms with Crippen molar-refractivity contribution in [3.05, 3.63) is 83.4 Å². The number of carbonyl (C=O) groups is 1. The van der Waals surface area contributed by atoms with Crippen molar-refractivity contribution < 1.29 is 22.7 Å². The van der Waals surface area contributed by atoms with E-state index in [0.29, 0.717) is 28.8 Å². The summed E-state index contributed by atoms with van der Waals surface area (Å²) in [5.74, 6) is 0.841. The average Bonchev–Trinajstić information content (AvgIpc) is 2.82. The zero-order valence-corrected chi connectivity index (χ0v) is 20.6. The Bertz CT molecular complexity index is 1180. The Kier molecular flexibility index (Phi) is 8.79. The highest BCUT2D eigenvalue weighted by Crippen LogP contribution is 2.26. The monoisotopic (exact) mass is 502 g/mol. The lowest BCUT2D eigenvalue weighted by atomic mass is 10.2. The molecule has 3 rings (SSSR count). The summed E-state index contributed by atoms with van der Waals surface area (Å²) in [6, 6.07) is 19.9. The molecule has 34 heavy (non-hydrogen) atoms. The summed E-state index contributed by atoms with van der Waals surface area (Å²) in [5, 5.41) is 3.13. The van der Waals surface area contributed by atoms with Gasteiger partial charge in [-0.3, -0.25) is 9.10 Å². The van der Waals surface area contributed by atoms with Crippen LogP contribution in [-0.2, 0) is 14.8 Å². The molecule has 0 aliphatic carbocycles. The van der Waals surface area contributed by atoms with Crippen LogP contribution in [0.25, 0.3) is 0 Å². The molecule has 0 aliphatic rings. The molecule has 180 valence electrons. The predicted octanol–water partition coefficient (Wildman–Crippen LogP) is 4.44. The number of ether oxygens (including phenoxy) is 2. The Balaban J connectivity index is 1.71. The maximum atomic E-state index is 13.4. The van der Waals surface area contributed by atoms with E-state index in [1.165, 1.54) is 24.3 Å². The largest absolute Gasteiger partial charge is 0.494 e. The number of hydrogen-bond acceptors (Lipinski definition) is 5. The Morgan fingerprint density at radius 3 is 2.12 bits per heavy atom. The summed E-state index contributed by atoms with van der Waals surface area (Å²) in [6.07, 6.45) is 0. The second-order valence-corrected chi connectivity index (χ2v) is 9.70. The first-order chi connectivity index (χ1) is 16.3. The molecule has 0 saturated carbocycles. The summed E-state index contributed by atoms with van der Waals surface area (Å²) in [4.78, 5) is 12.7. The van der Waals surface area contributed by atoms with Crippen LogP contribution in [0.3, 0.4) is 0 Å². The molecule has 1 N–H and O–H groups in total. The van der Waals surface area contributed by atoms with Gasteiger partial charge in [0.25, 0.3) is 10.0 Å². The van der Waals surface area contributed by atoms with Crippen LogP contribution < -0.4 is 19.1 Å². The highest BCUT2D eigenvalue weighted by Gasteiger charge is 2.27. The molecular weight excluding hydrogens is 476 g/mol. The molecule has 9 heteroatoms. The fourth-order valence-electron chi connectivity index (χ4n) is 3.10. The summed E-state index contributed by atoms with van der Waals surface area (Å²) >= 11 is 5.91. The minimum atomic E-state index is -4.03. The van der Waals surface area contributed by atoms with Crippen LogP contribution in [0.1, 0.15) is 12.5 Å². The van der Waals surface area contributed by atoms with Crippen molar-refractivity contribution in [2.45, 2.75) is 18.7 Å². The Labute approximate surface area is 205 Å². The highest BCUT2D eigenvalue weighted by molar-refractivity contribution is 7.92. The Morgan fingerprint density at radius 2 is 1.50 bits per heavy atom. The smallest absolute Gasteiger partial charge is 0.264 e. The number of hydrogen-bond donors (Lipinski definition) is 1. The van der Waals surface area contributed by atoms with Gasteiger partial charge in [-0.15, -0.1) is 0 Å². The number of aryl methyl sites for hydroxylation is 1. The number of carbonyl (C=O) groups excluding carboxylic acids is 1. The van der Waals surface area contributed by atoms with Crippen molar-refractivity contribution in [3.8, 4) is 11.5 Å². The Morgan fingerprint density at radius 1 is 0.912 bits per heavy atom. The fraction of sp³-hybridized carbons (Fsp3) is 0.240. The molecule has 0 radical (unpaired) electrons. The third kappa shape index (κ3) is 6.88. The predicted molar refractivity (Wildman–Crippen MR) is 133 cm³/mol. The zero-order chi connectivity index (χ0) is 24.6. The van der Waals surface area contributed by atoms with Gasteiger partial charge in [0.1, 0.15) is 24.7 Å². The summed E-state index contributed by atoms with van der Waals surface area (Å²) in [7, 11) is -4.03. The molecule has 0 spiro atoms. The van der Waals surface area contributed by atoms with Crippen LogP contribution >= 0.6 is 11.6 Å². The molecule has 3 aromatic carbocycles. The van der Waals surface area contributed by atoms with Gasteiger partial charge in [-0.1, -0.05) is 29.3 Å². The van der Waals surface area contributed by atoms with Gasteiger partial charge in [-0.05, 0) is 74.5 Å². The zero-order valence-electron chi connectivity index (χ0n) is 19.0. The Hall–Kier alpha value is -3.23. The van der Waals surface area contributed by atoms with Gasteiger partial charge in [-0.2, -0.15) is 0 Å². The maximum Gasteiger partial charge on any atom is 0.264 e. The van der Waals surface area contributed by atoms with Crippen LogP contribution in [0.4, 0.5) is 5.69 Å². The van der Waals surface area contributed by atoms with Gasteiger partial charge in [-0.25, -0.2) is 8.42 Å². The van der Waals surface area contributed by atoms with Gasteiger partial charge >= 0.3 is 0 Å². The van der Waals surface area contributed by atoms with Gasteiger partial charge < -0.3 is 14.8 Å². The molecule has 0 unspecified atom stereocenters. The first-order valence-electron chi connectivity index (χ1n) is 10.8. The molecule has 0 saturated heterocycles. The van der Waals surface area contributed by atoms with Crippen LogP contribution in [0.2, 0.25) is 5.02 Å². The molecule has 0 heterocycles. The summed E-state index contributed by atoms with van der Waals surface area (Å²) in [5.41, 5.74) is 1.46. The first-order valence-corrected chi connectivity index (χ1v) is 12.6. The second kappa shape index (κ2) is 11.8. The van der Waals surface area contributed by atoms with Gasteiger partial charge in [0, 0.05) is 5.02 Å². The number of nitrogens with zero attached hydrogens (tertiary/aromatic N) is 1. The lowest BCUT2D eigenvalue weighted by molar-refractivity contribution is -0.119. The van der Waals surface area contributed by atoms with Crippen molar-refractivity contribution in [3.63, 3.8) is 0 Å². The van der Waals surface area contributed by atoms with Crippen LogP contribution in [0, 0.1) is 6.92 Å². The minimum Gasteiger partial charge on any atom is -0.494 e. The third-order valence-electron chi connectivity index (χ3n) is 4.84. The number of sulfonamides is 1. The standard InChI is InChI=1S/C25H27ClN2O5S/c1-3-32-22-12-8-21(9-13-22)28(34(30,31)24-14-6-20(26)7-15-24)18-25(29)27-16-17-33-23-10-4-19(2)5-11-23/h4-15H,3,16-18H2,1-2H3,(H,27,29). The van der Waals surface area contributed by atoms with Crippen molar-refractivity contribution in [1.82, 2.24) is 5.32 Å². The number of halogens is 1. The maximum absolute atomic E-state index is 13.4. The number of amides is 1. The number of rotatable bonds is 11. The molecule has 1 amide bonds. The van der Waals surface area contributed by atoms with Gasteiger partial charge in [0.05, 0.1) is 23.7 Å². The molecule has 7 nitrogen and oxygen atoms in total. The molecular formula is C25H27ClN2O5S. The van der Waals surface area contributed by atoms with E-state index in [1.807, 2.05) is 38.1 Å². The molecule has 0 aliphatic heterocycles. The lowest BCUT2D eigenvalue weighted by Crippen LogP contribution is -2.41. The van der Waals surface area contributed by atoms with Crippen molar-refractivity contribution >= 4 is 33.2 Å². The van der Waals surface area contributed by atoms with E-state index in [4.69, 9.17) is 21.1 Å². The normalized spacial score (nSPS) is 11.0. The lowest BCUT2D eigenvalue weighted by Gasteiger charge is -2.24. The SMILES string of the molecule is CCOc1ccc(N(CC(=O)NCCOc2ccc(C)cc2)S(=O)(=O)c2ccc(Cl)cc2)cc1. The van der Waals surface area contributed by atoms with Gasteiger partial charge in [0.15, 0.2) is 0 Å². The highest BCUT2D eigenvalue weighted by atomic mass is 35.5. The van der Waals surface area contributed by atoms with E-state index in [1.54, 1.807) is 24.3 Å². The molecule has 0 bridgehead atoms. The topological polar surface area (TPSA) is 84.9 Å². The average molecular weight is 503 g/mol. The number of nitrogens with one attached hydrogen (secondary N) is 1. The number of anilines is 1. The molecule has 0 aromatic heterocycles. The summed E-state index contributed by atoms with van der Waals surface area (Å²) in [6.45, 7) is 4.41. The van der Waals surface area contributed by atoms with E-state index in [-0.39, 0.29) is 18.0 Å². The van der Waals surface area contributed by atoms with Crippen molar-refractivity contribution in [2.24, 2.45) is 0 Å². The van der Waals surface area contributed by atoms with Crippen molar-refractivity contribution in [1.29, 1.82) is 0 Å². The van der Waals surface area contributed by atoms with Crippen molar-refractivity contribution in [2.75, 3.05) is 30.6 Å². The minimum absolute atomic E-state index is 0.0290. The quantitative estimate of drug-likeness (QED) is 0.392. The fourth-order valence-corrected chi connectivity index (χ4v) is 4.65. The van der Waals surface area contributed by atoms with Crippen LogP contribution in [0.15, 0.2) is 77.7 Å². The van der Waals surface area contributed by atoms with Crippen LogP contribution in [-0.4, -0.2) is 40.6 Å². The molecule has 0 fully saturated rings. The van der Waals surface area contributed by atoms with E-state index in [0.717, 1.165) is 9.87 Å². The molecule has 3 aromatic rings. The first kappa shape index (κ1) is 25.4. The van der Waals surface area contributed by atoms with E-state index >= 15 is 0 Å². The molecule has 0 atom stereocenters. The third-order valence-corrected chi connectivity index (χ3v) is 6.88. The summed E-state index contributed by atoms with van der Waals surface area (Å²) < 4.78 is 38.9. The van der Waals surface area contributed by atoms with E-state index < -0.39 is 22.5 Å².